The van der Waals surface area contributed by atoms with Gasteiger partial charge in [0.15, 0.2) is 5.96 Å². The zero-order valence-electron chi connectivity index (χ0n) is 18.5. The first-order valence-corrected chi connectivity index (χ1v) is 11.7. The van der Waals surface area contributed by atoms with Crippen LogP contribution in [0.25, 0.3) is 0 Å². The number of rotatable bonds is 7. The van der Waals surface area contributed by atoms with Crippen molar-refractivity contribution < 1.29 is 9.53 Å². The predicted octanol–water partition coefficient (Wildman–Crippen LogP) is 3.05. The maximum atomic E-state index is 11.7. The molecule has 1 heterocycles. The molecule has 0 aromatic carbocycles. The molecule has 1 saturated carbocycles. The van der Waals surface area contributed by atoms with E-state index < -0.39 is 5.60 Å². The summed E-state index contributed by atoms with van der Waals surface area (Å²) in [5.41, 5.74) is -0.172. The molecule has 0 spiro atoms. The van der Waals surface area contributed by atoms with Crippen LogP contribution in [-0.4, -0.2) is 79.4 Å². The number of aliphatic imine (C=N–C) groups is 1. The maximum absolute atomic E-state index is 11.7. The van der Waals surface area contributed by atoms with E-state index in [0.29, 0.717) is 6.54 Å². The number of hydrogen-bond acceptors (Lipinski definition) is 5. The summed E-state index contributed by atoms with van der Waals surface area (Å²) in [6.07, 6.45) is 5.66. The second kappa shape index (κ2) is 13.1. The number of nitrogens with zero attached hydrogens (tertiary/aromatic N) is 2. The Labute approximate surface area is 198 Å². The lowest BCUT2D eigenvalue weighted by Gasteiger charge is -2.43. The van der Waals surface area contributed by atoms with Gasteiger partial charge in [-0.1, -0.05) is 12.8 Å². The number of ether oxygens (including phenoxy) is 1. The van der Waals surface area contributed by atoms with Crippen LogP contribution in [0.5, 0.6) is 0 Å². The summed E-state index contributed by atoms with van der Waals surface area (Å²) in [6.45, 7) is 10.3. The molecule has 3 N–H and O–H groups in total. The smallest absolute Gasteiger partial charge is 0.407 e. The Morgan fingerprint density at radius 3 is 2.31 bits per heavy atom. The molecule has 1 saturated heterocycles. The molecule has 170 valence electrons. The number of carbonyl (C=O) groups excluding carboxylic acids is 1. The van der Waals surface area contributed by atoms with Crippen molar-refractivity contribution >= 4 is 47.8 Å². The van der Waals surface area contributed by atoms with Gasteiger partial charge in [-0.05, 0) is 40.0 Å². The molecular weight excluding hydrogens is 501 g/mol. The van der Waals surface area contributed by atoms with E-state index in [1.165, 1.54) is 50.3 Å². The minimum absolute atomic E-state index is 0. The Morgan fingerprint density at radius 2 is 1.72 bits per heavy atom. The normalized spacial score (nSPS) is 19.9. The molecule has 0 atom stereocenters. The second-order valence-electron chi connectivity index (χ2n) is 8.67. The third-order valence-electron chi connectivity index (χ3n) is 5.34. The molecule has 29 heavy (non-hydrogen) atoms. The Bertz CT molecular complexity index is 515. The van der Waals surface area contributed by atoms with Gasteiger partial charge >= 0.3 is 6.09 Å². The third-order valence-corrected chi connectivity index (χ3v) is 6.28. The van der Waals surface area contributed by atoms with Gasteiger partial charge in [0.25, 0.3) is 0 Å². The topological polar surface area (TPSA) is 78.0 Å². The van der Waals surface area contributed by atoms with Crippen molar-refractivity contribution in [2.75, 3.05) is 51.3 Å². The highest BCUT2D eigenvalue weighted by atomic mass is 127. The molecule has 0 bridgehead atoms. The molecule has 1 aliphatic carbocycles. The maximum Gasteiger partial charge on any atom is 0.407 e. The zero-order chi connectivity index (χ0) is 20.5. The fraction of sp³-hybridized carbons (Fsp3) is 0.900. The number of halogens is 1. The largest absolute Gasteiger partial charge is 0.444 e. The van der Waals surface area contributed by atoms with Crippen molar-refractivity contribution in [2.24, 2.45) is 4.99 Å². The summed E-state index contributed by atoms with van der Waals surface area (Å²) in [7, 11) is 1.81. The van der Waals surface area contributed by atoms with Crippen LogP contribution in [0.4, 0.5) is 4.79 Å². The van der Waals surface area contributed by atoms with Gasteiger partial charge in [0.05, 0.1) is 0 Å². The standard InChI is InChI=1S/C20H39N5O2S.HI/c1-19(2,3)27-18(26)23-11-7-10-22-17(21-4)24-16-20(8-5-6-9-20)25-12-14-28-15-13-25;/h5-16H2,1-4H3,(H,23,26)(H2,21,22,24);1H. The fourth-order valence-corrected chi connectivity index (χ4v) is 4.85. The summed E-state index contributed by atoms with van der Waals surface area (Å²) >= 11 is 2.07. The van der Waals surface area contributed by atoms with Crippen LogP contribution >= 0.6 is 35.7 Å². The summed E-state index contributed by atoms with van der Waals surface area (Å²) in [5, 5.41) is 9.70. The van der Waals surface area contributed by atoms with E-state index in [1.807, 2.05) is 27.8 Å². The van der Waals surface area contributed by atoms with E-state index in [9.17, 15) is 4.79 Å². The van der Waals surface area contributed by atoms with Crippen molar-refractivity contribution in [3.63, 3.8) is 0 Å². The van der Waals surface area contributed by atoms with E-state index in [1.54, 1.807) is 0 Å². The second-order valence-corrected chi connectivity index (χ2v) is 9.89. The predicted molar refractivity (Wildman–Crippen MR) is 134 cm³/mol. The molecule has 7 nitrogen and oxygen atoms in total. The first-order valence-electron chi connectivity index (χ1n) is 10.6. The van der Waals surface area contributed by atoms with Crippen LogP contribution < -0.4 is 16.0 Å². The van der Waals surface area contributed by atoms with Crippen molar-refractivity contribution in [3.8, 4) is 0 Å². The summed E-state index contributed by atoms with van der Waals surface area (Å²) in [4.78, 5) is 18.7. The lowest BCUT2D eigenvalue weighted by atomic mass is 9.94. The zero-order valence-corrected chi connectivity index (χ0v) is 21.7. The number of amides is 1. The highest BCUT2D eigenvalue weighted by Crippen LogP contribution is 2.36. The summed E-state index contributed by atoms with van der Waals surface area (Å²) < 4.78 is 5.24. The van der Waals surface area contributed by atoms with Crippen LogP contribution in [0.2, 0.25) is 0 Å². The summed E-state index contributed by atoms with van der Waals surface area (Å²) in [5.74, 6) is 3.34. The van der Waals surface area contributed by atoms with E-state index in [-0.39, 0.29) is 35.6 Å². The van der Waals surface area contributed by atoms with Gasteiger partial charge in [0, 0.05) is 56.8 Å². The van der Waals surface area contributed by atoms with E-state index in [0.717, 1.165) is 25.5 Å². The van der Waals surface area contributed by atoms with Gasteiger partial charge in [0.2, 0.25) is 0 Å². The molecule has 0 aromatic rings. The van der Waals surface area contributed by atoms with E-state index in [2.05, 4.69) is 37.6 Å². The fourth-order valence-electron chi connectivity index (χ4n) is 3.94. The summed E-state index contributed by atoms with van der Waals surface area (Å²) in [6, 6.07) is 0. The molecule has 2 fully saturated rings. The Morgan fingerprint density at radius 1 is 1.10 bits per heavy atom. The quantitative estimate of drug-likeness (QED) is 0.199. The SMILES string of the molecule is CN=C(NCCCNC(=O)OC(C)(C)C)NCC1(N2CCSCC2)CCCC1.I. The monoisotopic (exact) mass is 541 g/mol. The van der Waals surface area contributed by atoms with Crippen molar-refractivity contribution in [1.82, 2.24) is 20.9 Å². The van der Waals surface area contributed by atoms with Gasteiger partial charge in [-0.15, -0.1) is 24.0 Å². The first kappa shape index (κ1) is 26.6. The number of hydrogen-bond donors (Lipinski definition) is 3. The molecule has 2 aliphatic rings. The van der Waals surface area contributed by atoms with Gasteiger partial charge in [-0.3, -0.25) is 9.89 Å². The number of alkyl carbamates (subject to hydrolysis) is 1. The highest BCUT2D eigenvalue weighted by molar-refractivity contribution is 14.0. The van der Waals surface area contributed by atoms with Crippen molar-refractivity contribution in [3.05, 3.63) is 0 Å². The number of nitrogens with one attached hydrogen (secondary N) is 3. The number of guanidine groups is 1. The van der Waals surface area contributed by atoms with Crippen LogP contribution in [0.3, 0.4) is 0 Å². The molecule has 0 unspecified atom stereocenters. The van der Waals surface area contributed by atoms with Crippen LogP contribution in [0.15, 0.2) is 4.99 Å². The molecule has 0 aromatic heterocycles. The van der Waals surface area contributed by atoms with E-state index in [4.69, 9.17) is 4.74 Å². The number of thioether (sulfide) groups is 1. The molecular formula is C20H40IN5O2S. The molecule has 2 rings (SSSR count). The van der Waals surface area contributed by atoms with Crippen LogP contribution in [0.1, 0.15) is 52.9 Å². The lowest BCUT2D eigenvalue weighted by Crippen LogP contribution is -2.57. The first-order chi connectivity index (χ1) is 13.3. The van der Waals surface area contributed by atoms with Gasteiger partial charge < -0.3 is 20.7 Å². The molecule has 0 radical (unpaired) electrons. The van der Waals surface area contributed by atoms with Gasteiger partial charge in [-0.25, -0.2) is 4.79 Å². The van der Waals surface area contributed by atoms with Gasteiger partial charge in [0.1, 0.15) is 5.60 Å². The van der Waals surface area contributed by atoms with Crippen molar-refractivity contribution in [1.29, 1.82) is 0 Å². The third kappa shape index (κ3) is 9.50. The van der Waals surface area contributed by atoms with Crippen LogP contribution in [-0.2, 0) is 4.74 Å². The molecule has 1 aliphatic heterocycles. The van der Waals surface area contributed by atoms with Crippen LogP contribution in [0, 0.1) is 0 Å². The minimum Gasteiger partial charge on any atom is -0.444 e. The minimum atomic E-state index is -0.461. The van der Waals surface area contributed by atoms with Crippen molar-refractivity contribution in [2.45, 2.75) is 64.0 Å². The van der Waals surface area contributed by atoms with E-state index >= 15 is 0 Å². The molecule has 1 amide bonds. The lowest BCUT2D eigenvalue weighted by molar-refractivity contribution is 0.0527. The molecule has 9 heteroatoms. The highest BCUT2D eigenvalue weighted by Gasteiger charge is 2.39. The average molecular weight is 542 g/mol. The Hall–Kier alpha value is -0.420. The Kier molecular flexibility index (Phi) is 12.0. The number of carbonyl (C=O) groups is 1. The Balaban J connectivity index is 0.00000420. The average Bonchev–Trinajstić information content (AvgIpc) is 3.13. The van der Waals surface area contributed by atoms with Gasteiger partial charge in [-0.2, -0.15) is 11.8 Å².